The predicted molar refractivity (Wildman–Crippen MR) is 126 cm³/mol. The number of alkyl halides is 2. The van der Waals surface area contributed by atoms with E-state index in [2.05, 4.69) is 21.4 Å². The first kappa shape index (κ1) is 25.6. The molecule has 3 heterocycles. The quantitative estimate of drug-likeness (QED) is 0.530. The van der Waals surface area contributed by atoms with Crippen molar-refractivity contribution in [1.82, 2.24) is 18.8 Å². The molecule has 1 aromatic carbocycles. The first-order chi connectivity index (χ1) is 16.9. The van der Waals surface area contributed by atoms with Crippen molar-refractivity contribution in [1.29, 1.82) is 5.26 Å². The van der Waals surface area contributed by atoms with E-state index in [1.54, 1.807) is 6.92 Å². The number of nitrogens with zero attached hydrogens (tertiary/aromatic N) is 5. The van der Waals surface area contributed by atoms with Gasteiger partial charge < -0.3 is 5.32 Å². The maximum absolute atomic E-state index is 14.7. The summed E-state index contributed by atoms with van der Waals surface area (Å²) in [6.45, 7) is 1.48. The van der Waals surface area contributed by atoms with Crippen molar-refractivity contribution < 1.29 is 21.6 Å². The first-order valence-electron chi connectivity index (χ1n) is 10.9. The molecule has 0 bridgehead atoms. The van der Waals surface area contributed by atoms with Crippen LogP contribution in [-0.4, -0.2) is 46.6 Å². The second-order valence-electron chi connectivity index (χ2n) is 8.84. The minimum Gasteiger partial charge on any atom is -0.363 e. The van der Waals surface area contributed by atoms with Crippen LogP contribution in [0, 0.1) is 17.1 Å². The topological polar surface area (TPSA) is 121 Å². The van der Waals surface area contributed by atoms with E-state index in [9.17, 15) is 31.6 Å². The molecular weight excluding hydrogens is 497 g/mol. The molecule has 1 N–H and O–H groups in total. The molecular formula is C23H23F3N6O3S. The summed E-state index contributed by atoms with van der Waals surface area (Å²) >= 11 is 0. The van der Waals surface area contributed by atoms with Crippen LogP contribution in [0.4, 0.5) is 19.0 Å². The molecule has 0 amide bonds. The zero-order valence-electron chi connectivity index (χ0n) is 19.7. The van der Waals surface area contributed by atoms with Crippen LogP contribution in [0.5, 0.6) is 0 Å². The highest BCUT2D eigenvalue weighted by atomic mass is 32.2. The molecule has 1 fully saturated rings. The lowest BCUT2D eigenvalue weighted by molar-refractivity contribution is 0.146. The normalized spacial score (nSPS) is 19.5. The molecule has 1 aliphatic heterocycles. The molecule has 1 unspecified atom stereocenters. The van der Waals surface area contributed by atoms with Crippen LogP contribution in [0.3, 0.4) is 0 Å². The maximum atomic E-state index is 14.7. The van der Waals surface area contributed by atoms with Crippen LogP contribution in [0.15, 0.2) is 35.4 Å². The summed E-state index contributed by atoms with van der Waals surface area (Å²) in [5.74, 6) is -0.841. The Hall–Kier alpha value is -3.50. The molecule has 9 nitrogen and oxygen atoms in total. The fraction of sp³-hybridized carbons (Fsp3) is 0.391. The van der Waals surface area contributed by atoms with Crippen molar-refractivity contribution in [2.24, 2.45) is 7.05 Å². The van der Waals surface area contributed by atoms with Crippen LogP contribution >= 0.6 is 0 Å². The Labute approximate surface area is 205 Å². The highest BCUT2D eigenvalue weighted by molar-refractivity contribution is 7.88. The Morgan fingerprint density at radius 1 is 1.25 bits per heavy atom. The number of fused-ring (bicyclic) bond motifs is 1. The minimum absolute atomic E-state index is 0.00214. The lowest BCUT2D eigenvalue weighted by Gasteiger charge is -2.23. The highest BCUT2D eigenvalue weighted by Gasteiger charge is 2.45. The van der Waals surface area contributed by atoms with Gasteiger partial charge in [-0.05, 0) is 19.4 Å². The molecule has 4 rings (SSSR count). The molecule has 36 heavy (non-hydrogen) atoms. The second-order valence-corrected chi connectivity index (χ2v) is 10.8. The van der Waals surface area contributed by atoms with Crippen molar-refractivity contribution in [2.45, 2.75) is 31.2 Å². The third kappa shape index (κ3) is 4.31. The SMILES string of the molecule is C[C@@H](Nc1ncnc2c1cc(C1(C#N)CCN(S(C)(=O)=O)C1)c(=O)n2C)c1cccc(C(F)F)c1F. The van der Waals surface area contributed by atoms with E-state index in [0.29, 0.717) is 5.39 Å². The number of nitriles is 1. The zero-order chi connectivity index (χ0) is 26.4. The fourth-order valence-electron chi connectivity index (χ4n) is 4.51. The van der Waals surface area contributed by atoms with Crippen LogP contribution in [-0.2, 0) is 22.5 Å². The third-order valence-corrected chi connectivity index (χ3v) is 7.80. The van der Waals surface area contributed by atoms with E-state index in [-0.39, 0.29) is 42.1 Å². The van der Waals surface area contributed by atoms with Gasteiger partial charge in [-0.25, -0.2) is 35.9 Å². The average Bonchev–Trinajstić information content (AvgIpc) is 3.28. The standard InChI is InChI=1S/C23H23F3N6O3S/c1-13(14-5-4-6-15(18(14)24)19(25)26)30-20-16-9-17(22(33)31(2)21(16)29-12-28-20)23(10-27)7-8-32(11-23)36(3,34)35/h4-6,9,12-13,19H,7-8,11H2,1-3H3,(H,28,29,30)/t13-,23?/m1/s1. The molecule has 2 atom stereocenters. The van der Waals surface area contributed by atoms with Gasteiger partial charge >= 0.3 is 0 Å². The van der Waals surface area contributed by atoms with E-state index in [0.717, 1.165) is 16.6 Å². The zero-order valence-corrected chi connectivity index (χ0v) is 20.5. The Balaban J connectivity index is 1.82. The molecule has 0 aliphatic carbocycles. The molecule has 190 valence electrons. The van der Waals surface area contributed by atoms with E-state index in [1.807, 2.05) is 0 Å². The maximum Gasteiger partial charge on any atom is 0.266 e. The van der Waals surface area contributed by atoms with Crippen LogP contribution < -0.4 is 10.9 Å². The summed E-state index contributed by atoms with van der Waals surface area (Å²) in [7, 11) is -2.11. The average molecular weight is 521 g/mol. The lowest BCUT2D eigenvalue weighted by Crippen LogP contribution is -2.38. The Bertz CT molecular complexity index is 1550. The number of halogens is 3. The van der Waals surface area contributed by atoms with Crippen LogP contribution in [0.1, 0.15) is 42.5 Å². The molecule has 3 aromatic rings. The number of aryl methyl sites for hydroxylation is 1. The van der Waals surface area contributed by atoms with Gasteiger partial charge in [-0.3, -0.25) is 9.36 Å². The first-order valence-corrected chi connectivity index (χ1v) is 12.8. The molecule has 0 radical (unpaired) electrons. The summed E-state index contributed by atoms with van der Waals surface area (Å²) in [5, 5.41) is 13.4. The smallest absolute Gasteiger partial charge is 0.266 e. The second kappa shape index (κ2) is 9.18. The predicted octanol–water partition coefficient (Wildman–Crippen LogP) is 3.00. The molecule has 13 heteroatoms. The number of sulfonamides is 1. The third-order valence-electron chi connectivity index (χ3n) is 6.55. The Morgan fingerprint density at radius 2 is 1.94 bits per heavy atom. The monoisotopic (exact) mass is 520 g/mol. The Kier molecular flexibility index (Phi) is 6.52. The van der Waals surface area contributed by atoms with E-state index < -0.39 is 44.8 Å². The van der Waals surface area contributed by atoms with E-state index in [1.165, 1.54) is 36.1 Å². The van der Waals surface area contributed by atoms with Gasteiger partial charge in [0.25, 0.3) is 12.0 Å². The van der Waals surface area contributed by atoms with Gasteiger partial charge in [0.15, 0.2) is 0 Å². The number of nitrogens with one attached hydrogen (secondary N) is 1. The molecule has 1 aliphatic rings. The van der Waals surface area contributed by atoms with Gasteiger partial charge in [-0.2, -0.15) is 5.26 Å². The number of pyridine rings is 1. The summed E-state index contributed by atoms with van der Waals surface area (Å²) in [6.07, 6.45) is -0.619. The number of hydrogen-bond donors (Lipinski definition) is 1. The fourth-order valence-corrected chi connectivity index (χ4v) is 5.39. The van der Waals surface area contributed by atoms with E-state index in [4.69, 9.17) is 0 Å². The Morgan fingerprint density at radius 3 is 2.56 bits per heavy atom. The number of anilines is 1. The van der Waals surface area contributed by atoms with Crippen LogP contribution in [0.25, 0.3) is 11.0 Å². The summed E-state index contributed by atoms with van der Waals surface area (Å²) in [4.78, 5) is 21.6. The van der Waals surface area contributed by atoms with Gasteiger partial charge in [0.05, 0.1) is 29.3 Å². The van der Waals surface area contributed by atoms with Gasteiger partial charge in [0, 0.05) is 31.3 Å². The van der Waals surface area contributed by atoms with Crippen molar-refractivity contribution >= 4 is 26.9 Å². The van der Waals surface area contributed by atoms with Crippen molar-refractivity contribution in [2.75, 3.05) is 24.7 Å². The minimum atomic E-state index is -3.58. The van der Waals surface area contributed by atoms with Crippen molar-refractivity contribution in [3.05, 3.63) is 63.5 Å². The lowest BCUT2D eigenvalue weighted by atomic mass is 9.81. The van der Waals surface area contributed by atoms with E-state index >= 15 is 0 Å². The number of benzene rings is 1. The summed E-state index contributed by atoms with van der Waals surface area (Å²) in [5.41, 5.74) is -2.30. The molecule has 0 spiro atoms. The number of rotatable bonds is 6. The number of aromatic nitrogens is 3. The summed E-state index contributed by atoms with van der Waals surface area (Å²) < 4.78 is 67.6. The molecule has 1 saturated heterocycles. The largest absolute Gasteiger partial charge is 0.363 e. The molecule has 0 saturated carbocycles. The summed E-state index contributed by atoms with van der Waals surface area (Å²) in [6, 6.07) is 6.53. The van der Waals surface area contributed by atoms with Gasteiger partial charge in [-0.15, -0.1) is 0 Å². The van der Waals surface area contributed by atoms with Crippen molar-refractivity contribution in [3.8, 4) is 6.07 Å². The van der Waals surface area contributed by atoms with Gasteiger partial charge in [0.1, 0.15) is 29.0 Å². The van der Waals surface area contributed by atoms with Crippen molar-refractivity contribution in [3.63, 3.8) is 0 Å². The molecule has 2 aromatic heterocycles. The van der Waals surface area contributed by atoms with Gasteiger partial charge in [0.2, 0.25) is 10.0 Å². The number of hydrogen-bond acceptors (Lipinski definition) is 7. The van der Waals surface area contributed by atoms with Gasteiger partial charge in [-0.1, -0.05) is 18.2 Å². The highest BCUT2D eigenvalue weighted by Crippen LogP contribution is 2.36. The van der Waals surface area contributed by atoms with Crippen LogP contribution in [0.2, 0.25) is 0 Å².